The van der Waals surface area contributed by atoms with E-state index in [1.54, 1.807) is 0 Å². The normalized spacial score (nSPS) is 49.6. The summed E-state index contributed by atoms with van der Waals surface area (Å²) in [5.74, 6) is -5.14. The standard InChI is InChI=1S/C82H137N5O60/c1-18-40(103)51(114)56(119)76(126-18)143-66-39(87-23(6)102)75(136-33(16-97)65(66)142-79-59(122)54(117)43(106)26(9-90)130-79)145-68-45(108)28(11-92)132-82(70(68)147-74-38(86-22(5)101)50(113)63(31(14-95)135-74)140-78-58(121)53(116)42(105)25(8-89)129-78)144-67-46(109)34(137-80(60(67)123)141-64-32(15-96)133-72(36(48(64)111)84-20(3)99)138-61-29(12-93)127-71(124)35(47(61)110)83-19(2)98)17-125-81-69(55(118)44(107)27(10-91)131-81)146-73-37(85-21(4)100)49(112)62(30(13-94)134-73)139-77-57(120)52(115)41(104)24(7-88)128-77/h18,24-82,88-97,103-124H,7-17H2,1-6H3,(H,83,98)(H,84,99)(H,85,100)(H,86,101)(H,87,102)/t18-,24+,25+,26+,27+,28+,29+,30+,31+,32+,33+,34+,35+,36+,37+,38+,39+,40+,41-,42-,43-,44+,45+,46+,47+,48+,49+,50+,51+,52-,53-,54-,55-,56-,57+,58+,59+,60-,61+,62+,63+,64+,65+,66+,67-,68-,69-,70-,71?,72-,73-,74-,75-,76-,77-,78-,79-,80-,81+,82-/m0/s1. The third-order valence-corrected chi connectivity index (χ3v) is 27.1. The van der Waals surface area contributed by atoms with Gasteiger partial charge in [-0.25, -0.2) is 0 Å². The highest BCUT2D eigenvalue weighted by atomic mass is 16.8. The zero-order chi connectivity index (χ0) is 108. The van der Waals surface area contributed by atoms with E-state index in [1.807, 2.05) is 0 Å². The maximum absolute atomic E-state index is 14.0. The molecule has 0 spiro atoms. The second-order valence-electron chi connectivity index (χ2n) is 37.3. The van der Waals surface area contributed by atoms with Gasteiger partial charge in [0.2, 0.25) is 29.5 Å². The Kier molecular flexibility index (Phi) is 43.4. The van der Waals surface area contributed by atoms with Gasteiger partial charge in [0.25, 0.3) is 0 Å². The predicted molar refractivity (Wildman–Crippen MR) is 452 cm³/mol. The van der Waals surface area contributed by atoms with Crippen LogP contribution in [0.1, 0.15) is 41.5 Å². The van der Waals surface area contributed by atoms with Gasteiger partial charge >= 0.3 is 0 Å². The first-order valence-electron chi connectivity index (χ1n) is 47.0. The van der Waals surface area contributed by atoms with E-state index in [2.05, 4.69) is 26.6 Å². The van der Waals surface area contributed by atoms with Crippen LogP contribution in [0.4, 0.5) is 0 Å². The number of ether oxygens (including phenoxy) is 23. The lowest BCUT2D eigenvalue weighted by Gasteiger charge is -2.53. The molecule has 147 heavy (non-hydrogen) atoms. The number of nitrogens with one attached hydrogen (secondary N) is 5. The molecule has 0 radical (unpaired) electrons. The first-order valence-corrected chi connectivity index (χ1v) is 47.0. The van der Waals surface area contributed by atoms with Crippen LogP contribution in [0.15, 0.2) is 0 Å². The molecule has 1 unspecified atom stereocenters. The fourth-order valence-electron chi connectivity index (χ4n) is 19.2. The molecule has 12 aliphatic heterocycles. The van der Waals surface area contributed by atoms with E-state index in [-0.39, 0.29) is 0 Å². The van der Waals surface area contributed by atoms with Crippen LogP contribution in [-0.2, 0) is 133 Å². The second-order valence-corrected chi connectivity index (χ2v) is 37.3. The van der Waals surface area contributed by atoms with Crippen molar-refractivity contribution in [1.29, 1.82) is 0 Å². The van der Waals surface area contributed by atoms with Crippen molar-refractivity contribution >= 4 is 29.5 Å². The number of hydrogen-bond donors (Lipinski definition) is 37. The molecule has 65 heteroatoms. The summed E-state index contributed by atoms with van der Waals surface area (Å²) in [7, 11) is 0. The molecule has 60 atom stereocenters. The van der Waals surface area contributed by atoms with Gasteiger partial charge in [-0.05, 0) is 6.92 Å². The zero-order valence-electron chi connectivity index (χ0n) is 79.2. The van der Waals surface area contributed by atoms with Gasteiger partial charge in [-0.2, -0.15) is 0 Å². The Morgan fingerprint density at radius 3 is 0.823 bits per heavy atom. The van der Waals surface area contributed by atoms with E-state index in [4.69, 9.17) is 109 Å². The summed E-state index contributed by atoms with van der Waals surface area (Å²) in [5.41, 5.74) is 0. The van der Waals surface area contributed by atoms with Crippen molar-refractivity contribution in [2.75, 3.05) is 72.7 Å². The highest BCUT2D eigenvalue weighted by Gasteiger charge is 2.65. The van der Waals surface area contributed by atoms with Crippen molar-refractivity contribution in [3.8, 4) is 0 Å². The molecule has 12 saturated heterocycles. The Labute approximate surface area is 832 Å². The number of amides is 5. The fraction of sp³-hybridized carbons (Fsp3) is 0.939. The topological polar surface area (TPSA) is 1010 Å². The Morgan fingerprint density at radius 2 is 0.435 bits per heavy atom. The second kappa shape index (κ2) is 52.8. The van der Waals surface area contributed by atoms with Crippen LogP contribution < -0.4 is 26.6 Å². The third kappa shape index (κ3) is 26.7. The lowest BCUT2D eigenvalue weighted by molar-refractivity contribution is -0.412. The minimum Gasteiger partial charge on any atom is -0.394 e. The summed E-state index contributed by atoms with van der Waals surface area (Å²) in [6.07, 6.45) is -122. The lowest BCUT2D eigenvalue weighted by Crippen LogP contribution is -2.72. The summed E-state index contributed by atoms with van der Waals surface area (Å²) in [4.78, 5) is 66.5. The van der Waals surface area contributed by atoms with Crippen molar-refractivity contribution in [3.63, 3.8) is 0 Å². The van der Waals surface area contributed by atoms with Gasteiger partial charge in [0.15, 0.2) is 75.5 Å². The van der Waals surface area contributed by atoms with Gasteiger partial charge < -0.3 is 299 Å². The maximum Gasteiger partial charge on any atom is 0.217 e. The van der Waals surface area contributed by atoms with Crippen LogP contribution in [0.5, 0.6) is 0 Å². The van der Waals surface area contributed by atoms with Gasteiger partial charge in [-0.15, -0.1) is 0 Å². The van der Waals surface area contributed by atoms with E-state index in [0.717, 1.165) is 34.6 Å². The Morgan fingerprint density at radius 1 is 0.190 bits per heavy atom. The number of aliphatic hydroxyl groups is 32. The van der Waals surface area contributed by atoms with Crippen LogP contribution in [0.3, 0.4) is 0 Å². The van der Waals surface area contributed by atoms with Gasteiger partial charge in [-0.1, -0.05) is 0 Å². The smallest absolute Gasteiger partial charge is 0.217 e. The summed E-state index contributed by atoms with van der Waals surface area (Å²) in [6.45, 7) is -7.89. The van der Waals surface area contributed by atoms with Gasteiger partial charge in [0, 0.05) is 34.6 Å². The summed E-state index contributed by atoms with van der Waals surface area (Å²) < 4.78 is 141. The molecule has 5 amide bonds. The van der Waals surface area contributed by atoms with E-state index >= 15 is 0 Å². The highest BCUT2D eigenvalue weighted by molar-refractivity contribution is 5.75. The van der Waals surface area contributed by atoms with E-state index in [0.29, 0.717) is 0 Å². The Hall–Kier alpha value is -4.85. The average molecular weight is 2150 g/mol. The molecule has 0 aliphatic carbocycles. The first kappa shape index (κ1) is 121. The van der Waals surface area contributed by atoms with Gasteiger partial charge in [-0.3, -0.25) is 24.0 Å². The number of rotatable bonds is 38. The lowest BCUT2D eigenvalue weighted by atomic mass is 9.93. The fourth-order valence-corrected chi connectivity index (χ4v) is 19.2. The molecule has 0 saturated carbocycles. The molecule has 850 valence electrons. The number of carbonyl (C=O) groups excluding carboxylic acids is 5. The SMILES string of the molecule is CC(=O)N[C@H]1[C@H](O[C@H]2[C@H](O)[C@@H](NC(C)=O)C(O)O[C@@H]2CO)O[C@H](CO)[C@@H](O[C@@H]2O[C@H](CO[C@@H]3O[C@H](CO)[C@@H](O)[C@H](O)[C@@H]3O[C@@H]3O[C@H](CO)[C@@H](O[C@@H]4O[C@H](CO)[C@H](O)[C@H](O)[C@H]4O)[C@H](O)[C@H]3NC(C)=O)[C@@H](O)[C@H](O[C@@H]3O[C@H](CO)[C@@H](O)[C@H](O[C@@H]4O[C@H](CO)[C@@H](O[C@@H]5O[C@H](CO)[C@H](O)[C@H](O)[C@H]5O)[C@H](O[C@@H]5O[C@@H](C)[C@@H](O)[C@@H](O)[C@@H]5O)[C@H]4NC(C)=O)[C@@H]3O[C@@H]3O[C@H](CO)[C@@H](O[C@@H]4O[C@H](CO)[C@H](O)[C@H](O)[C@H]4O)[C@H](O)[C@H]3NC(C)=O)[C@@H]2O)[C@@H]1O. The van der Waals surface area contributed by atoms with Crippen molar-refractivity contribution in [2.24, 2.45) is 0 Å². The molecular weight excluding hydrogens is 2010 g/mol. The van der Waals surface area contributed by atoms with Crippen LogP contribution in [0.2, 0.25) is 0 Å². The van der Waals surface area contributed by atoms with Crippen LogP contribution in [-0.4, -0.2) is 634 Å². The Balaban J connectivity index is 0.974. The zero-order valence-corrected chi connectivity index (χ0v) is 79.2. The van der Waals surface area contributed by atoms with E-state index in [9.17, 15) is 187 Å². The molecule has 0 bridgehead atoms. The highest BCUT2D eigenvalue weighted by Crippen LogP contribution is 2.44. The summed E-state index contributed by atoms with van der Waals surface area (Å²) in [5, 5.41) is 375. The summed E-state index contributed by atoms with van der Waals surface area (Å²) in [6, 6.07) is -10.3. The quantitative estimate of drug-likeness (QED) is 0.0273. The van der Waals surface area contributed by atoms with Crippen molar-refractivity contribution in [3.05, 3.63) is 0 Å². The van der Waals surface area contributed by atoms with Gasteiger partial charge in [0.1, 0.15) is 287 Å². The number of carbonyl (C=O) groups is 5. The molecule has 65 nitrogen and oxygen atoms in total. The van der Waals surface area contributed by atoms with Gasteiger partial charge in [0.05, 0.1) is 78.8 Å². The molecule has 37 N–H and O–H groups in total. The minimum atomic E-state index is -2.84. The number of aliphatic hydroxyl groups excluding tert-OH is 32. The minimum absolute atomic E-state index is 0.840. The van der Waals surface area contributed by atoms with Crippen molar-refractivity contribution in [1.82, 2.24) is 26.6 Å². The first-order chi connectivity index (χ1) is 69.6. The molecule has 12 fully saturated rings. The van der Waals surface area contributed by atoms with E-state index in [1.165, 1.54) is 6.92 Å². The predicted octanol–water partition coefficient (Wildman–Crippen LogP) is -25.4. The average Bonchev–Trinajstić information content (AvgIpc) is 0.750. The van der Waals surface area contributed by atoms with Crippen molar-refractivity contribution in [2.45, 2.75) is 410 Å². The molecule has 12 heterocycles. The third-order valence-electron chi connectivity index (χ3n) is 27.1. The molecule has 12 aliphatic rings. The molecule has 12 rings (SSSR count). The maximum atomic E-state index is 14.0. The summed E-state index contributed by atoms with van der Waals surface area (Å²) >= 11 is 0. The van der Waals surface area contributed by atoms with Crippen LogP contribution in [0.25, 0.3) is 0 Å². The number of hydrogen-bond acceptors (Lipinski definition) is 60. The molecular formula is C82H137N5O60. The Bertz CT molecular complexity index is 4110. The monoisotopic (exact) mass is 2150 g/mol. The molecule has 0 aromatic carbocycles. The molecule has 0 aromatic heterocycles. The van der Waals surface area contributed by atoms with Crippen LogP contribution in [0, 0.1) is 0 Å². The van der Waals surface area contributed by atoms with Crippen LogP contribution >= 0.6 is 0 Å². The van der Waals surface area contributed by atoms with E-state index < -0.39 is 470 Å². The largest absolute Gasteiger partial charge is 0.394 e. The molecule has 0 aromatic rings. The van der Waals surface area contributed by atoms with Crippen molar-refractivity contribution < 1.29 is 296 Å².